The molecule has 1 aromatic heterocycles. The number of hydrogen-bond donors (Lipinski definition) is 0. The highest BCUT2D eigenvalue weighted by Crippen LogP contribution is 2.27. The third kappa shape index (κ3) is 4.68. The van der Waals surface area contributed by atoms with E-state index in [1.165, 1.54) is 12.1 Å². The Bertz CT molecular complexity index is 1260. The molecule has 0 aliphatic rings. The SMILES string of the molecule is C=CCCc1cnc(-c2ccc3c(F)c(CCc4cc(F)c(Cl)c(F)c4)ccc3c2)nc1. The van der Waals surface area contributed by atoms with Crippen LogP contribution in [0.1, 0.15) is 23.1 Å². The van der Waals surface area contributed by atoms with Crippen molar-refractivity contribution in [1.82, 2.24) is 9.97 Å². The molecule has 0 spiro atoms. The van der Waals surface area contributed by atoms with Crippen LogP contribution in [0.4, 0.5) is 13.2 Å². The van der Waals surface area contributed by atoms with Crippen molar-refractivity contribution < 1.29 is 13.2 Å². The molecule has 0 radical (unpaired) electrons. The lowest BCUT2D eigenvalue weighted by molar-refractivity contribution is 0.579. The van der Waals surface area contributed by atoms with Gasteiger partial charge in [-0.15, -0.1) is 6.58 Å². The lowest BCUT2D eigenvalue weighted by Crippen LogP contribution is -1.98. The summed E-state index contributed by atoms with van der Waals surface area (Å²) < 4.78 is 42.4. The normalized spacial score (nSPS) is 11.1. The molecule has 0 aliphatic heterocycles. The summed E-state index contributed by atoms with van der Waals surface area (Å²) in [5, 5.41) is 0.672. The number of rotatable bonds is 7. The minimum Gasteiger partial charge on any atom is -0.236 e. The number of halogens is 4. The van der Waals surface area contributed by atoms with Crippen molar-refractivity contribution >= 4 is 22.4 Å². The van der Waals surface area contributed by atoms with Crippen molar-refractivity contribution in [1.29, 1.82) is 0 Å². The van der Waals surface area contributed by atoms with E-state index in [4.69, 9.17) is 11.6 Å². The minimum absolute atomic E-state index is 0.289. The Balaban J connectivity index is 1.55. The van der Waals surface area contributed by atoms with Gasteiger partial charge in [-0.05, 0) is 66.0 Å². The highest BCUT2D eigenvalue weighted by atomic mass is 35.5. The van der Waals surface area contributed by atoms with Crippen molar-refractivity contribution in [3.05, 3.63) is 107 Å². The van der Waals surface area contributed by atoms with E-state index in [2.05, 4.69) is 16.5 Å². The fourth-order valence-electron chi connectivity index (χ4n) is 3.60. The van der Waals surface area contributed by atoms with Gasteiger partial charge >= 0.3 is 0 Å². The van der Waals surface area contributed by atoms with Gasteiger partial charge in [-0.2, -0.15) is 0 Å². The van der Waals surface area contributed by atoms with Gasteiger partial charge < -0.3 is 0 Å². The van der Waals surface area contributed by atoms with E-state index < -0.39 is 16.7 Å². The molecule has 4 aromatic rings. The number of allylic oxidation sites excluding steroid dienone is 1. The molecular weight excluding hydrogens is 433 g/mol. The van der Waals surface area contributed by atoms with Crippen LogP contribution in [-0.2, 0) is 19.3 Å². The molecule has 4 rings (SSSR count). The molecule has 2 nitrogen and oxygen atoms in total. The first-order chi connectivity index (χ1) is 15.5. The molecule has 0 N–H and O–H groups in total. The van der Waals surface area contributed by atoms with Gasteiger partial charge in [-0.3, -0.25) is 0 Å². The summed E-state index contributed by atoms with van der Waals surface area (Å²) >= 11 is 5.52. The molecule has 3 aromatic carbocycles. The summed E-state index contributed by atoms with van der Waals surface area (Å²) in [5.41, 5.74) is 2.73. The maximum atomic E-state index is 15.1. The number of hydrogen-bond acceptors (Lipinski definition) is 2. The summed E-state index contributed by atoms with van der Waals surface area (Å²) in [5.74, 6) is -1.40. The third-order valence-corrected chi connectivity index (χ3v) is 5.72. The van der Waals surface area contributed by atoms with Crippen molar-refractivity contribution in [2.75, 3.05) is 0 Å². The summed E-state index contributed by atoms with van der Waals surface area (Å²) in [6.07, 6.45) is 7.74. The van der Waals surface area contributed by atoms with E-state index >= 15 is 4.39 Å². The molecule has 0 bridgehead atoms. The van der Waals surface area contributed by atoms with Crippen LogP contribution in [0.2, 0.25) is 5.02 Å². The van der Waals surface area contributed by atoms with E-state index in [9.17, 15) is 8.78 Å². The van der Waals surface area contributed by atoms with Gasteiger partial charge in [0, 0.05) is 23.3 Å². The predicted molar refractivity (Wildman–Crippen MR) is 122 cm³/mol. The number of aryl methyl sites for hydroxylation is 3. The molecule has 1 heterocycles. The Labute approximate surface area is 189 Å². The molecule has 0 aliphatic carbocycles. The van der Waals surface area contributed by atoms with Gasteiger partial charge in [-0.25, -0.2) is 23.1 Å². The topological polar surface area (TPSA) is 25.8 Å². The molecule has 32 heavy (non-hydrogen) atoms. The molecule has 0 atom stereocenters. The third-order valence-electron chi connectivity index (χ3n) is 5.36. The first kappa shape index (κ1) is 22.0. The Kier molecular flexibility index (Phi) is 6.56. The molecule has 0 unspecified atom stereocenters. The van der Waals surface area contributed by atoms with Gasteiger partial charge in [0.1, 0.15) is 22.5 Å². The van der Waals surface area contributed by atoms with E-state index in [0.717, 1.165) is 29.4 Å². The first-order valence-corrected chi connectivity index (χ1v) is 10.6. The summed E-state index contributed by atoms with van der Waals surface area (Å²) in [6, 6.07) is 11.2. The summed E-state index contributed by atoms with van der Waals surface area (Å²) in [4.78, 5) is 8.84. The highest BCUT2D eigenvalue weighted by molar-refractivity contribution is 6.30. The van der Waals surface area contributed by atoms with Gasteiger partial charge in [0.05, 0.1) is 0 Å². The molecule has 162 valence electrons. The molecule has 0 fully saturated rings. The maximum absolute atomic E-state index is 15.1. The van der Waals surface area contributed by atoms with E-state index in [-0.39, 0.29) is 12.2 Å². The fraction of sp³-hybridized carbons (Fsp3) is 0.154. The second kappa shape index (κ2) is 9.53. The minimum atomic E-state index is -0.816. The van der Waals surface area contributed by atoms with Gasteiger partial charge in [-0.1, -0.05) is 41.9 Å². The van der Waals surface area contributed by atoms with Crippen molar-refractivity contribution in [3.63, 3.8) is 0 Å². The van der Waals surface area contributed by atoms with E-state index in [1.807, 2.05) is 18.2 Å². The lowest BCUT2D eigenvalue weighted by Gasteiger charge is -2.09. The van der Waals surface area contributed by atoms with Crippen molar-refractivity contribution in [2.45, 2.75) is 25.7 Å². The number of fused-ring (bicyclic) bond motifs is 1. The number of benzene rings is 3. The Morgan fingerprint density at radius 3 is 2.25 bits per heavy atom. The molecule has 6 heteroatoms. The average molecular weight is 453 g/mol. The fourth-order valence-corrected chi connectivity index (χ4v) is 3.71. The van der Waals surface area contributed by atoms with Crippen LogP contribution in [0.25, 0.3) is 22.2 Å². The van der Waals surface area contributed by atoms with E-state index in [1.54, 1.807) is 30.6 Å². The van der Waals surface area contributed by atoms with Crippen LogP contribution >= 0.6 is 11.6 Å². The smallest absolute Gasteiger partial charge is 0.159 e. The Morgan fingerprint density at radius 1 is 0.844 bits per heavy atom. The maximum Gasteiger partial charge on any atom is 0.159 e. The molecule has 0 saturated heterocycles. The average Bonchev–Trinajstić information content (AvgIpc) is 2.81. The van der Waals surface area contributed by atoms with Crippen LogP contribution in [-0.4, -0.2) is 9.97 Å². The van der Waals surface area contributed by atoms with Crippen molar-refractivity contribution in [3.8, 4) is 11.4 Å². The number of nitrogens with zero attached hydrogens (tertiary/aromatic N) is 2. The van der Waals surface area contributed by atoms with E-state index in [0.29, 0.717) is 28.8 Å². The van der Waals surface area contributed by atoms with Crippen LogP contribution in [0.15, 0.2) is 67.5 Å². The first-order valence-electron chi connectivity index (χ1n) is 10.2. The monoisotopic (exact) mass is 452 g/mol. The molecule has 0 saturated carbocycles. The zero-order valence-electron chi connectivity index (χ0n) is 17.2. The van der Waals surface area contributed by atoms with Gasteiger partial charge in [0.25, 0.3) is 0 Å². The van der Waals surface area contributed by atoms with Crippen LogP contribution in [0.5, 0.6) is 0 Å². The predicted octanol–water partition coefficient (Wildman–Crippen LogP) is 7.27. The zero-order chi connectivity index (χ0) is 22.7. The Hall–Kier alpha value is -3.18. The second-order valence-electron chi connectivity index (χ2n) is 7.59. The quantitative estimate of drug-likeness (QED) is 0.217. The van der Waals surface area contributed by atoms with Crippen LogP contribution in [0.3, 0.4) is 0 Å². The zero-order valence-corrected chi connectivity index (χ0v) is 18.0. The number of aromatic nitrogens is 2. The standard InChI is InChI=1S/C26H20ClF3N2/c1-2-3-4-17-14-31-26(32-15-17)20-9-10-21-19(13-20)8-7-18(25(21)30)6-5-16-11-22(28)24(27)23(29)12-16/h2,7-15H,1,3-6H2. The largest absolute Gasteiger partial charge is 0.236 e. The summed E-state index contributed by atoms with van der Waals surface area (Å²) in [7, 11) is 0. The van der Waals surface area contributed by atoms with Gasteiger partial charge in [0.15, 0.2) is 5.82 Å². The van der Waals surface area contributed by atoms with Crippen LogP contribution in [0, 0.1) is 17.5 Å². The summed E-state index contributed by atoms with van der Waals surface area (Å²) in [6.45, 7) is 3.71. The molecule has 0 amide bonds. The van der Waals surface area contributed by atoms with Crippen molar-refractivity contribution in [2.24, 2.45) is 0 Å². The highest BCUT2D eigenvalue weighted by Gasteiger charge is 2.12. The molecular formula is C26H20ClF3N2. The van der Waals surface area contributed by atoms with Gasteiger partial charge in [0.2, 0.25) is 0 Å². The lowest BCUT2D eigenvalue weighted by atomic mass is 9.99. The van der Waals surface area contributed by atoms with Crippen LogP contribution < -0.4 is 0 Å². The second-order valence-corrected chi connectivity index (χ2v) is 7.97. The Morgan fingerprint density at radius 2 is 1.56 bits per heavy atom.